The lowest BCUT2D eigenvalue weighted by Crippen LogP contribution is -2.29. The lowest BCUT2D eigenvalue weighted by atomic mass is 10.4. The summed E-state index contributed by atoms with van der Waals surface area (Å²) >= 11 is 0. The first-order chi connectivity index (χ1) is 6.55. The highest BCUT2D eigenvalue weighted by molar-refractivity contribution is 7.89. The molecular formula is C6H11N5O2S. The van der Waals surface area contributed by atoms with E-state index in [2.05, 4.69) is 31.9 Å². The first kappa shape index (κ1) is 10.8. The Labute approximate surface area is 81.7 Å². The van der Waals surface area contributed by atoms with Crippen LogP contribution in [0.25, 0.3) is 0 Å². The van der Waals surface area contributed by atoms with Gasteiger partial charge in [-0.2, -0.15) is 5.21 Å². The number of aromatic nitrogens is 4. The molecule has 0 saturated carbocycles. The number of sulfonamides is 1. The molecule has 1 aromatic rings. The maximum atomic E-state index is 11.3. The van der Waals surface area contributed by atoms with Crippen LogP contribution in [0.5, 0.6) is 0 Å². The molecule has 0 saturated heterocycles. The Bertz CT molecular complexity index is 384. The van der Waals surface area contributed by atoms with E-state index in [4.69, 9.17) is 0 Å². The van der Waals surface area contributed by atoms with Gasteiger partial charge in [-0.05, 0) is 6.92 Å². The second-order valence-electron chi connectivity index (χ2n) is 2.68. The average Bonchev–Trinajstić information content (AvgIpc) is 2.53. The van der Waals surface area contributed by atoms with Gasteiger partial charge in [0.05, 0.1) is 11.8 Å². The molecule has 2 N–H and O–H groups in total. The molecule has 1 aromatic heterocycles. The summed E-state index contributed by atoms with van der Waals surface area (Å²) < 4.78 is 24.9. The van der Waals surface area contributed by atoms with E-state index in [0.29, 0.717) is 5.82 Å². The summed E-state index contributed by atoms with van der Waals surface area (Å²) in [5.41, 5.74) is 0. The van der Waals surface area contributed by atoms with E-state index in [0.717, 1.165) is 0 Å². The molecule has 14 heavy (non-hydrogen) atoms. The minimum absolute atomic E-state index is 0.130. The molecule has 1 unspecified atom stereocenters. The second kappa shape index (κ2) is 4.29. The third kappa shape index (κ3) is 2.89. The summed E-state index contributed by atoms with van der Waals surface area (Å²) in [5, 5.41) is 12.9. The minimum Gasteiger partial charge on any atom is -0.212 e. The summed E-state index contributed by atoms with van der Waals surface area (Å²) in [6, 6.07) is -0.501. The predicted molar refractivity (Wildman–Crippen MR) is 49.7 cm³/mol. The molecule has 0 bridgehead atoms. The quantitative estimate of drug-likeness (QED) is 0.639. The predicted octanol–water partition coefficient (Wildman–Crippen LogP) is -0.634. The van der Waals surface area contributed by atoms with Crippen molar-refractivity contribution in [2.24, 2.45) is 0 Å². The topological polar surface area (TPSA) is 101 Å². The fourth-order valence-electron chi connectivity index (χ4n) is 0.878. The number of nitrogens with zero attached hydrogens (tertiary/aromatic N) is 3. The van der Waals surface area contributed by atoms with Gasteiger partial charge in [-0.15, -0.1) is 16.8 Å². The van der Waals surface area contributed by atoms with Gasteiger partial charge in [-0.1, -0.05) is 11.3 Å². The summed E-state index contributed by atoms with van der Waals surface area (Å²) in [5.74, 6) is 0.174. The Morgan fingerprint density at radius 3 is 2.93 bits per heavy atom. The van der Waals surface area contributed by atoms with Gasteiger partial charge in [0.2, 0.25) is 10.0 Å². The first-order valence-electron chi connectivity index (χ1n) is 3.89. The molecule has 0 aromatic carbocycles. The van der Waals surface area contributed by atoms with E-state index >= 15 is 0 Å². The van der Waals surface area contributed by atoms with Crippen LogP contribution in [0.2, 0.25) is 0 Å². The van der Waals surface area contributed by atoms with Gasteiger partial charge in [0.15, 0.2) is 5.82 Å². The molecule has 0 amide bonds. The fourth-order valence-corrected chi connectivity index (χ4v) is 1.93. The highest BCUT2D eigenvalue weighted by Crippen LogP contribution is 2.05. The standard InChI is InChI=1S/C6H11N5O2S/c1-3-4-14(12,13)9-5(2)6-7-10-11-8-6/h3,5,9H,1,4H2,2H3,(H,7,8,10,11). The van der Waals surface area contributed by atoms with Crippen molar-refractivity contribution in [2.45, 2.75) is 13.0 Å². The third-order valence-corrected chi connectivity index (χ3v) is 2.83. The zero-order chi connectivity index (χ0) is 10.6. The Hall–Kier alpha value is -1.28. The summed E-state index contributed by atoms with van der Waals surface area (Å²) in [6.07, 6.45) is 1.31. The molecule has 1 atom stereocenters. The number of aromatic amines is 1. The van der Waals surface area contributed by atoms with E-state index in [9.17, 15) is 8.42 Å². The van der Waals surface area contributed by atoms with Crippen molar-refractivity contribution in [1.29, 1.82) is 0 Å². The second-order valence-corrected chi connectivity index (χ2v) is 4.48. The number of tetrazole rings is 1. The molecule has 0 fully saturated rings. The number of H-pyrrole nitrogens is 1. The average molecular weight is 217 g/mol. The Morgan fingerprint density at radius 2 is 2.43 bits per heavy atom. The van der Waals surface area contributed by atoms with Crippen LogP contribution in [0.15, 0.2) is 12.7 Å². The smallest absolute Gasteiger partial charge is 0.212 e. The monoisotopic (exact) mass is 217 g/mol. The summed E-state index contributed by atoms with van der Waals surface area (Å²) in [7, 11) is -3.35. The van der Waals surface area contributed by atoms with Crippen LogP contribution in [-0.2, 0) is 10.0 Å². The highest BCUT2D eigenvalue weighted by Gasteiger charge is 2.16. The summed E-state index contributed by atoms with van der Waals surface area (Å²) in [6.45, 7) is 4.98. The van der Waals surface area contributed by atoms with Crippen LogP contribution in [0.3, 0.4) is 0 Å². The van der Waals surface area contributed by atoms with Crippen molar-refractivity contribution in [3.8, 4) is 0 Å². The van der Waals surface area contributed by atoms with Crippen LogP contribution in [-0.4, -0.2) is 34.8 Å². The number of hydrogen-bond acceptors (Lipinski definition) is 5. The van der Waals surface area contributed by atoms with Gasteiger partial charge in [0.25, 0.3) is 0 Å². The molecule has 1 heterocycles. The number of hydrogen-bond donors (Lipinski definition) is 2. The molecule has 0 spiro atoms. The van der Waals surface area contributed by atoms with Crippen LogP contribution in [0.1, 0.15) is 18.8 Å². The molecule has 8 heteroatoms. The zero-order valence-corrected chi connectivity index (χ0v) is 8.45. The maximum absolute atomic E-state index is 11.3. The molecule has 0 radical (unpaired) electrons. The van der Waals surface area contributed by atoms with Gasteiger partial charge in [0.1, 0.15) is 0 Å². The Kier molecular flexibility index (Phi) is 3.31. The van der Waals surface area contributed by atoms with Crippen LogP contribution >= 0.6 is 0 Å². The van der Waals surface area contributed by atoms with Crippen molar-refractivity contribution in [3.05, 3.63) is 18.5 Å². The van der Waals surface area contributed by atoms with Crippen molar-refractivity contribution >= 4 is 10.0 Å². The van der Waals surface area contributed by atoms with Crippen molar-refractivity contribution in [1.82, 2.24) is 25.3 Å². The largest absolute Gasteiger partial charge is 0.215 e. The lowest BCUT2D eigenvalue weighted by Gasteiger charge is -2.08. The number of nitrogens with one attached hydrogen (secondary N) is 2. The number of rotatable bonds is 5. The van der Waals surface area contributed by atoms with E-state index < -0.39 is 16.1 Å². The lowest BCUT2D eigenvalue weighted by molar-refractivity contribution is 0.563. The highest BCUT2D eigenvalue weighted by atomic mass is 32.2. The molecule has 78 valence electrons. The fraction of sp³-hybridized carbons (Fsp3) is 0.500. The van der Waals surface area contributed by atoms with Crippen LogP contribution < -0.4 is 4.72 Å². The van der Waals surface area contributed by atoms with Crippen molar-refractivity contribution in [2.75, 3.05) is 5.75 Å². The molecule has 1 rings (SSSR count). The van der Waals surface area contributed by atoms with Gasteiger partial charge >= 0.3 is 0 Å². The van der Waals surface area contributed by atoms with Crippen molar-refractivity contribution < 1.29 is 8.42 Å². The van der Waals surface area contributed by atoms with Crippen LogP contribution in [0, 0.1) is 0 Å². The van der Waals surface area contributed by atoms with E-state index in [1.807, 2.05) is 0 Å². The van der Waals surface area contributed by atoms with Gasteiger partial charge in [-0.25, -0.2) is 13.1 Å². The molecule has 0 aliphatic rings. The van der Waals surface area contributed by atoms with Gasteiger partial charge in [-0.3, -0.25) is 0 Å². The Morgan fingerprint density at radius 1 is 1.71 bits per heavy atom. The molecule has 0 aliphatic carbocycles. The minimum atomic E-state index is -3.35. The zero-order valence-electron chi connectivity index (χ0n) is 7.64. The normalized spacial score (nSPS) is 13.8. The SMILES string of the molecule is C=CCS(=O)(=O)NC(C)c1nn[nH]n1. The van der Waals surface area contributed by atoms with E-state index in [-0.39, 0.29) is 5.75 Å². The maximum Gasteiger partial charge on any atom is 0.215 e. The van der Waals surface area contributed by atoms with E-state index in [1.165, 1.54) is 6.08 Å². The van der Waals surface area contributed by atoms with Gasteiger partial charge < -0.3 is 0 Å². The third-order valence-electron chi connectivity index (χ3n) is 1.44. The van der Waals surface area contributed by atoms with E-state index in [1.54, 1.807) is 6.92 Å². The molecule has 0 aliphatic heterocycles. The molecule has 7 nitrogen and oxygen atoms in total. The summed E-state index contributed by atoms with van der Waals surface area (Å²) in [4.78, 5) is 0. The Balaban J connectivity index is 2.66. The van der Waals surface area contributed by atoms with Crippen molar-refractivity contribution in [3.63, 3.8) is 0 Å². The first-order valence-corrected chi connectivity index (χ1v) is 5.54. The van der Waals surface area contributed by atoms with Crippen LogP contribution in [0.4, 0.5) is 0 Å². The van der Waals surface area contributed by atoms with Gasteiger partial charge in [0, 0.05) is 0 Å². The molecular weight excluding hydrogens is 206 g/mol.